The number of halogens is 3. The van der Waals surface area contributed by atoms with Crippen LogP contribution in [0.1, 0.15) is 38.3 Å². The van der Waals surface area contributed by atoms with E-state index in [1.165, 1.54) is 12.3 Å². The van der Waals surface area contributed by atoms with Crippen molar-refractivity contribution in [2.24, 2.45) is 0 Å². The minimum absolute atomic E-state index is 0.0496. The smallest absolute Gasteiger partial charge is 0.367 e. The predicted molar refractivity (Wildman–Crippen MR) is 136 cm³/mol. The Balaban J connectivity index is 1.30. The Morgan fingerprint density at radius 3 is 2.46 bits per heavy atom. The van der Waals surface area contributed by atoms with Crippen molar-refractivity contribution in [1.82, 2.24) is 24.8 Å². The molecule has 0 aromatic carbocycles. The van der Waals surface area contributed by atoms with Crippen LogP contribution >= 0.6 is 11.3 Å². The maximum atomic E-state index is 13.8. The molecule has 3 aromatic heterocycles. The van der Waals surface area contributed by atoms with E-state index in [1.807, 2.05) is 11.0 Å². The van der Waals surface area contributed by atoms with Crippen LogP contribution in [0.2, 0.25) is 0 Å². The van der Waals surface area contributed by atoms with Gasteiger partial charge in [0.05, 0.1) is 22.5 Å². The van der Waals surface area contributed by atoms with Gasteiger partial charge in [-0.15, -0.1) is 0 Å². The average Bonchev–Trinajstić information content (AvgIpc) is 3.55. The molecule has 5 rings (SSSR count). The van der Waals surface area contributed by atoms with E-state index in [4.69, 9.17) is 0 Å². The summed E-state index contributed by atoms with van der Waals surface area (Å²) in [7, 11) is 0. The first-order chi connectivity index (χ1) is 17.8. The monoisotopic (exact) mass is 532 g/mol. The Morgan fingerprint density at radius 1 is 1.05 bits per heavy atom. The first-order valence-electron chi connectivity index (χ1n) is 12.2. The summed E-state index contributed by atoms with van der Waals surface area (Å²) >= 11 is 0.955. The zero-order chi connectivity index (χ0) is 26.0. The first kappa shape index (κ1) is 25.2. The van der Waals surface area contributed by atoms with Crippen LogP contribution in [0, 0.1) is 0 Å². The summed E-state index contributed by atoms with van der Waals surface area (Å²) in [5.41, 5.74) is 0.113. The third kappa shape index (κ3) is 5.92. The van der Waals surface area contributed by atoms with Gasteiger partial charge in [0.2, 0.25) is 11.9 Å². The molecular formula is C24H27F3N8OS. The quantitative estimate of drug-likeness (QED) is 0.468. The molecule has 1 aliphatic heterocycles. The summed E-state index contributed by atoms with van der Waals surface area (Å²) in [5, 5.41) is 6.38. The van der Waals surface area contributed by atoms with Gasteiger partial charge in [-0.05, 0) is 31.0 Å². The van der Waals surface area contributed by atoms with Crippen LogP contribution in [0.3, 0.4) is 0 Å². The number of hydrogen-bond donors (Lipinski definition) is 2. The molecule has 1 amide bonds. The van der Waals surface area contributed by atoms with Crippen LogP contribution in [0.15, 0.2) is 30.6 Å². The maximum absolute atomic E-state index is 13.8. The molecule has 2 N–H and O–H groups in total. The minimum atomic E-state index is -4.60. The van der Waals surface area contributed by atoms with Crippen molar-refractivity contribution in [3.63, 3.8) is 0 Å². The molecule has 9 nitrogen and oxygen atoms in total. The highest BCUT2D eigenvalue weighted by atomic mass is 32.1. The summed E-state index contributed by atoms with van der Waals surface area (Å²) in [6.07, 6.45) is 2.51. The van der Waals surface area contributed by atoms with Gasteiger partial charge in [0.15, 0.2) is 10.8 Å². The van der Waals surface area contributed by atoms with Crippen LogP contribution in [-0.2, 0) is 11.0 Å². The molecule has 2 aliphatic rings. The molecule has 2 fully saturated rings. The molecule has 1 saturated heterocycles. The molecular weight excluding hydrogens is 505 g/mol. The van der Waals surface area contributed by atoms with Gasteiger partial charge in [-0.3, -0.25) is 4.79 Å². The maximum Gasteiger partial charge on any atom is 0.434 e. The number of amides is 1. The molecule has 0 spiro atoms. The second-order valence-corrected chi connectivity index (χ2v) is 10.1. The van der Waals surface area contributed by atoms with Gasteiger partial charge in [-0.2, -0.15) is 13.2 Å². The van der Waals surface area contributed by atoms with E-state index in [0.29, 0.717) is 32.0 Å². The van der Waals surface area contributed by atoms with Crippen molar-refractivity contribution in [3.05, 3.63) is 36.3 Å². The van der Waals surface area contributed by atoms with Crippen LogP contribution in [0.5, 0.6) is 0 Å². The molecule has 0 atom stereocenters. The molecule has 196 valence electrons. The topological polar surface area (TPSA) is 99.2 Å². The molecule has 1 aliphatic carbocycles. The molecule has 4 heterocycles. The lowest BCUT2D eigenvalue weighted by molar-refractivity contribution is -0.140. The largest absolute Gasteiger partial charge is 0.434 e. The van der Waals surface area contributed by atoms with Crippen LogP contribution in [0.25, 0.3) is 10.6 Å². The number of carbonyl (C=O) groups is 1. The second kappa shape index (κ2) is 10.5. The summed E-state index contributed by atoms with van der Waals surface area (Å²) in [6.45, 7) is 4.32. The zero-order valence-corrected chi connectivity index (χ0v) is 21.1. The van der Waals surface area contributed by atoms with Crippen molar-refractivity contribution < 1.29 is 18.0 Å². The van der Waals surface area contributed by atoms with Crippen molar-refractivity contribution in [2.45, 2.75) is 44.8 Å². The fourth-order valence-corrected chi connectivity index (χ4v) is 5.61. The van der Waals surface area contributed by atoms with Crippen molar-refractivity contribution in [3.8, 4) is 10.6 Å². The summed E-state index contributed by atoms with van der Waals surface area (Å²) in [4.78, 5) is 32.2. The standard InChI is InChI=1S/C24H27F3N8OS/c1-15(36)34-10-12-35(13-11-34)17-6-7-19(29-14-17)32-22-28-9-8-18(31-22)20-21(24(25,26)27)33-23(37-20)30-16-4-2-3-5-16/h6-9,14,16H,2-5,10-13H2,1H3,(H,30,33)(H,28,29,31,32). The average molecular weight is 533 g/mol. The van der Waals surface area contributed by atoms with E-state index in [9.17, 15) is 18.0 Å². The third-order valence-electron chi connectivity index (χ3n) is 6.54. The van der Waals surface area contributed by atoms with Crippen molar-refractivity contribution >= 4 is 39.8 Å². The third-order valence-corrected chi connectivity index (χ3v) is 7.55. The fourth-order valence-electron chi connectivity index (χ4n) is 4.58. The number of nitrogens with one attached hydrogen (secondary N) is 2. The van der Waals surface area contributed by atoms with E-state index in [0.717, 1.165) is 42.7 Å². The summed E-state index contributed by atoms with van der Waals surface area (Å²) < 4.78 is 41.4. The van der Waals surface area contributed by atoms with Crippen LogP contribution in [-0.4, -0.2) is 63.0 Å². The lowest BCUT2D eigenvalue weighted by Gasteiger charge is -2.35. The molecule has 13 heteroatoms. The van der Waals surface area contributed by atoms with Crippen LogP contribution < -0.4 is 15.5 Å². The molecule has 37 heavy (non-hydrogen) atoms. The predicted octanol–water partition coefficient (Wildman–Crippen LogP) is 4.78. The van der Waals surface area contributed by atoms with E-state index in [-0.39, 0.29) is 33.6 Å². The lowest BCUT2D eigenvalue weighted by Crippen LogP contribution is -2.48. The minimum Gasteiger partial charge on any atom is -0.367 e. The molecule has 0 unspecified atom stereocenters. The number of anilines is 4. The highest BCUT2D eigenvalue weighted by Crippen LogP contribution is 2.42. The van der Waals surface area contributed by atoms with E-state index >= 15 is 0 Å². The zero-order valence-electron chi connectivity index (χ0n) is 20.3. The van der Waals surface area contributed by atoms with Gasteiger partial charge in [0.25, 0.3) is 0 Å². The van der Waals surface area contributed by atoms with Crippen molar-refractivity contribution in [1.29, 1.82) is 0 Å². The van der Waals surface area contributed by atoms with E-state index in [1.54, 1.807) is 19.2 Å². The normalized spacial score (nSPS) is 16.8. The van der Waals surface area contributed by atoms with Gasteiger partial charge in [0.1, 0.15) is 5.82 Å². The van der Waals surface area contributed by atoms with Gasteiger partial charge in [-0.25, -0.2) is 19.9 Å². The van der Waals surface area contributed by atoms with E-state index < -0.39 is 11.9 Å². The van der Waals surface area contributed by atoms with Crippen LogP contribution in [0.4, 0.5) is 35.8 Å². The van der Waals surface area contributed by atoms with Crippen molar-refractivity contribution in [2.75, 3.05) is 41.7 Å². The molecule has 0 bridgehead atoms. The number of hydrogen-bond acceptors (Lipinski definition) is 9. The SMILES string of the molecule is CC(=O)N1CCN(c2ccc(Nc3nccc(-c4sc(NC5CCCC5)nc4C(F)(F)F)n3)nc2)CC1. The molecule has 3 aromatic rings. The summed E-state index contributed by atoms with van der Waals surface area (Å²) in [5.74, 6) is 0.674. The molecule has 1 saturated carbocycles. The Kier molecular flexibility index (Phi) is 7.13. The second-order valence-electron chi connectivity index (χ2n) is 9.11. The number of carbonyl (C=O) groups excluding carboxylic acids is 1. The van der Waals surface area contributed by atoms with Gasteiger partial charge < -0.3 is 20.4 Å². The number of thiazole rings is 1. The first-order valence-corrected chi connectivity index (χ1v) is 13.0. The van der Waals surface area contributed by atoms with E-state index in [2.05, 4.69) is 35.5 Å². The number of nitrogens with zero attached hydrogens (tertiary/aromatic N) is 6. The lowest BCUT2D eigenvalue weighted by atomic mass is 10.2. The number of aromatic nitrogens is 4. The van der Waals surface area contributed by atoms with Gasteiger partial charge >= 0.3 is 6.18 Å². The van der Waals surface area contributed by atoms with Gasteiger partial charge in [-0.1, -0.05) is 24.2 Å². The Bertz CT molecular complexity index is 1240. The molecule has 0 radical (unpaired) electrons. The Hall–Kier alpha value is -3.48. The highest BCUT2D eigenvalue weighted by Gasteiger charge is 2.38. The fraction of sp³-hybridized carbons (Fsp3) is 0.458. The number of pyridine rings is 1. The Morgan fingerprint density at radius 2 is 1.81 bits per heavy atom. The summed E-state index contributed by atoms with van der Waals surface area (Å²) in [6, 6.07) is 5.26. The number of piperazine rings is 1. The number of alkyl halides is 3. The Labute approximate surface area is 216 Å². The highest BCUT2D eigenvalue weighted by molar-refractivity contribution is 7.19. The van der Waals surface area contributed by atoms with Gasteiger partial charge in [0, 0.05) is 45.3 Å². The number of rotatable bonds is 6.